The predicted octanol–water partition coefficient (Wildman–Crippen LogP) is 6.69. The first-order chi connectivity index (χ1) is 19.0. The molecule has 0 spiro atoms. The lowest BCUT2D eigenvalue weighted by Gasteiger charge is -2.25. The summed E-state index contributed by atoms with van der Waals surface area (Å²) in [5, 5.41) is 12.6. The fourth-order valence-corrected chi connectivity index (χ4v) is 5.80. The molecule has 2 N–H and O–H groups in total. The molecule has 1 fully saturated rings. The highest BCUT2D eigenvalue weighted by Gasteiger charge is 2.25. The van der Waals surface area contributed by atoms with Crippen LogP contribution in [0.5, 0.6) is 5.75 Å². The number of nitrogens with one attached hydrogen (secondary N) is 1. The van der Waals surface area contributed by atoms with E-state index in [0.717, 1.165) is 34.2 Å². The van der Waals surface area contributed by atoms with Gasteiger partial charge in [0, 0.05) is 11.8 Å². The van der Waals surface area contributed by atoms with Gasteiger partial charge in [-0.05, 0) is 89.8 Å². The molecule has 1 atom stereocenters. The highest BCUT2D eigenvalue weighted by atomic mass is 32.2. The van der Waals surface area contributed by atoms with Gasteiger partial charge in [-0.25, -0.2) is 4.79 Å². The number of aryl methyl sites for hydroxylation is 1. The third-order valence-corrected chi connectivity index (χ3v) is 8.14. The number of carbonyl (C=O) groups is 2. The van der Waals surface area contributed by atoms with Crippen LogP contribution in [0.3, 0.4) is 0 Å². The molecule has 7 heteroatoms. The number of amides is 1. The first-order valence-electron chi connectivity index (χ1n) is 13.7. The van der Waals surface area contributed by atoms with Gasteiger partial charge in [-0.1, -0.05) is 56.4 Å². The van der Waals surface area contributed by atoms with Crippen LogP contribution < -0.4 is 10.1 Å². The Morgan fingerprint density at radius 3 is 2.56 bits per heavy atom. The molecule has 0 bridgehead atoms. The van der Waals surface area contributed by atoms with Crippen LogP contribution >= 0.6 is 11.8 Å². The van der Waals surface area contributed by atoms with Crippen LogP contribution in [0.25, 0.3) is 11.1 Å². The van der Waals surface area contributed by atoms with Gasteiger partial charge < -0.3 is 15.2 Å². The fraction of sp³-hybridized carbons (Fsp3) is 0.406. The number of ether oxygens (including phenoxy) is 1. The largest absolute Gasteiger partial charge is 0.487 e. The van der Waals surface area contributed by atoms with Gasteiger partial charge in [-0.2, -0.15) is 11.8 Å². The second-order valence-corrected chi connectivity index (χ2v) is 11.3. The molecule has 1 aliphatic carbocycles. The van der Waals surface area contributed by atoms with Crippen molar-refractivity contribution >= 4 is 23.6 Å². The zero-order valence-corrected chi connectivity index (χ0v) is 23.6. The van der Waals surface area contributed by atoms with Crippen LogP contribution in [0.2, 0.25) is 0 Å². The van der Waals surface area contributed by atoms with Crippen LogP contribution in [-0.4, -0.2) is 40.0 Å². The van der Waals surface area contributed by atoms with Gasteiger partial charge >= 0.3 is 5.97 Å². The number of nitrogens with zero attached hydrogens (tertiary/aromatic N) is 1. The van der Waals surface area contributed by atoms with E-state index in [1.165, 1.54) is 32.1 Å². The molecule has 0 saturated heterocycles. The topological polar surface area (TPSA) is 88.5 Å². The highest BCUT2D eigenvalue weighted by Crippen LogP contribution is 2.34. The number of hydrogen-bond donors (Lipinski definition) is 2. The summed E-state index contributed by atoms with van der Waals surface area (Å²) in [6.45, 7) is 2.39. The summed E-state index contributed by atoms with van der Waals surface area (Å²) in [5.74, 6) is 0.535. The van der Waals surface area contributed by atoms with E-state index in [0.29, 0.717) is 36.0 Å². The smallest absolute Gasteiger partial charge is 0.326 e. The van der Waals surface area contributed by atoms with Crippen molar-refractivity contribution in [2.75, 3.05) is 12.0 Å². The maximum absolute atomic E-state index is 13.7. The SMILES string of the molecule is CSCCC(NC(=O)c1cc(CC2CCCCC2)c(COc2cccnc2)cc1-c1ccccc1C)C(=O)O. The van der Waals surface area contributed by atoms with E-state index in [1.54, 1.807) is 24.2 Å². The number of benzene rings is 2. The number of pyridine rings is 1. The number of thioether (sulfide) groups is 1. The Morgan fingerprint density at radius 1 is 1.08 bits per heavy atom. The van der Waals surface area contributed by atoms with Gasteiger partial charge in [0.1, 0.15) is 18.4 Å². The normalized spacial score (nSPS) is 14.5. The first-order valence-corrected chi connectivity index (χ1v) is 15.1. The predicted molar refractivity (Wildman–Crippen MR) is 157 cm³/mol. The quantitative estimate of drug-likeness (QED) is 0.263. The lowest BCUT2D eigenvalue weighted by Crippen LogP contribution is -2.41. The Morgan fingerprint density at radius 2 is 1.87 bits per heavy atom. The minimum Gasteiger partial charge on any atom is -0.487 e. The number of carbonyl (C=O) groups excluding carboxylic acids is 1. The summed E-state index contributed by atoms with van der Waals surface area (Å²) in [7, 11) is 0. The van der Waals surface area contributed by atoms with Crippen molar-refractivity contribution in [2.24, 2.45) is 5.92 Å². The van der Waals surface area contributed by atoms with Gasteiger partial charge in [0.05, 0.1) is 6.20 Å². The van der Waals surface area contributed by atoms with E-state index >= 15 is 0 Å². The lowest BCUT2D eigenvalue weighted by atomic mass is 9.82. The van der Waals surface area contributed by atoms with Crippen molar-refractivity contribution in [1.29, 1.82) is 0 Å². The second kappa shape index (κ2) is 14.2. The van der Waals surface area contributed by atoms with E-state index in [2.05, 4.69) is 16.4 Å². The molecule has 6 nitrogen and oxygen atoms in total. The van der Waals surface area contributed by atoms with Crippen LogP contribution in [0, 0.1) is 12.8 Å². The molecule has 2 aromatic carbocycles. The average Bonchev–Trinajstić information content (AvgIpc) is 2.95. The first kappa shape index (κ1) is 28.7. The third kappa shape index (κ3) is 7.85. The number of aromatic nitrogens is 1. The molecule has 1 heterocycles. The molecule has 1 aliphatic rings. The highest BCUT2D eigenvalue weighted by molar-refractivity contribution is 7.98. The molecular formula is C32H38N2O4S. The van der Waals surface area contributed by atoms with Crippen molar-refractivity contribution in [3.63, 3.8) is 0 Å². The third-order valence-electron chi connectivity index (χ3n) is 7.50. The molecule has 1 amide bonds. The molecule has 1 saturated carbocycles. The molecule has 1 aromatic heterocycles. The van der Waals surface area contributed by atoms with E-state index < -0.39 is 12.0 Å². The summed E-state index contributed by atoms with van der Waals surface area (Å²) in [6.07, 6.45) is 12.7. The molecule has 4 rings (SSSR count). The summed E-state index contributed by atoms with van der Waals surface area (Å²) in [5.41, 5.74) is 5.42. The van der Waals surface area contributed by atoms with Gasteiger partial charge in [0.25, 0.3) is 5.91 Å². The number of hydrogen-bond acceptors (Lipinski definition) is 5. The van der Waals surface area contributed by atoms with Crippen molar-refractivity contribution in [1.82, 2.24) is 10.3 Å². The van der Waals surface area contributed by atoms with E-state index in [-0.39, 0.29) is 5.91 Å². The Kier molecular flexibility index (Phi) is 10.4. The van der Waals surface area contributed by atoms with Crippen LogP contribution in [0.15, 0.2) is 60.9 Å². The van der Waals surface area contributed by atoms with E-state index in [9.17, 15) is 14.7 Å². The average molecular weight is 547 g/mol. The number of carboxylic acids is 1. The molecule has 206 valence electrons. The minimum atomic E-state index is -1.02. The van der Waals surface area contributed by atoms with Gasteiger partial charge in [-0.15, -0.1) is 0 Å². The number of aliphatic carboxylic acids is 1. The molecular weight excluding hydrogens is 508 g/mol. The Labute approximate surface area is 235 Å². The standard InChI is InChI=1S/C32H38N2O4S/c1-22-9-6-7-13-27(22)28-19-25(21-38-26-12-8-15-33-20-26)24(17-23-10-4-3-5-11-23)18-29(28)31(35)34-30(32(36)37)14-16-39-2/h6-9,12-13,15,18-20,23,30H,3-5,10-11,14,16-17,21H2,1-2H3,(H,34,35)(H,36,37). The van der Waals surface area contributed by atoms with Gasteiger partial charge in [-0.3, -0.25) is 9.78 Å². The van der Waals surface area contributed by atoms with Crippen molar-refractivity contribution in [3.05, 3.63) is 83.2 Å². The van der Waals surface area contributed by atoms with Crippen LogP contribution in [0.1, 0.15) is 65.6 Å². The Hall–Kier alpha value is -3.32. The second-order valence-electron chi connectivity index (χ2n) is 10.3. The van der Waals surface area contributed by atoms with E-state index in [4.69, 9.17) is 4.74 Å². The number of rotatable bonds is 12. The summed E-state index contributed by atoms with van der Waals surface area (Å²) in [6, 6.07) is 14.8. The van der Waals surface area contributed by atoms with Crippen molar-refractivity contribution < 1.29 is 19.4 Å². The monoisotopic (exact) mass is 546 g/mol. The summed E-state index contributed by atoms with van der Waals surface area (Å²) in [4.78, 5) is 29.8. The van der Waals surface area contributed by atoms with Crippen molar-refractivity contribution in [3.8, 4) is 16.9 Å². The number of carboxylic acid groups (broad SMARTS) is 1. The van der Waals surface area contributed by atoms with Crippen molar-refractivity contribution in [2.45, 2.75) is 64.5 Å². The van der Waals surface area contributed by atoms with Crippen LogP contribution in [0.4, 0.5) is 0 Å². The molecule has 0 aliphatic heterocycles. The van der Waals surface area contributed by atoms with Gasteiger partial charge in [0.2, 0.25) is 0 Å². The maximum atomic E-state index is 13.7. The fourth-order valence-electron chi connectivity index (χ4n) is 5.32. The van der Waals surface area contributed by atoms with E-state index in [1.807, 2.05) is 55.6 Å². The molecule has 1 unspecified atom stereocenters. The van der Waals surface area contributed by atoms with Gasteiger partial charge in [0.15, 0.2) is 0 Å². The summed E-state index contributed by atoms with van der Waals surface area (Å²) < 4.78 is 6.14. The maximum Gasteiger partial charge on any atom is 0.326 e. The molecule has 0 radical (unpaired) electrons. The Balaban J connectivity index is 1.76. The zero-order chi connectivity index (χ0) is 27.6. The lowest BCUT2D eigenvalue weighted by molar-refractivity contribution is -0.139. The zero-order valence-electron chi connectivity index (χ0n) is 22.8. The summed E-state index contributed by atoms with van der Waals surface area (Å²) >= 11 is 1.57. The van der Waals surface area contributed by atoms with Crippen LogP contribution in [-0.2, 0) is 17.8 Å². The molecule has 3 aromatic rings. The Bertz CT molecular complexity index is 1260. The minimum absolute atomic E-state index is 0.355. The molecule has 39 heavy (non-hydrogen) atoms.